The van der Waals surface area contributed by atoms with Gasteiger partial charge in [0.25, 0.3) is 0 Å². The standard InChI is InChI=1S/C22H33NO2/c1-17-3-2-4-19(13-17)14-20-15-23(21-8-11-24-12-9-21)10-7-22(20)25-16-18-5-6-18/h2-4,13,18,20-22H,5-12,14-16H2,1H3/t20-,22-/m1/s1. The van der Waals surface area contributed by atoms with Crippen LogP contribution >= 0.6 is 0 Å². The molecule has 1 saturated carbocycles. The molecule has 3 fully saturated rings. The average molecular weight is 344 g/mol. The van der Waals surface area contributed by atoms with Crippen LogP contribution < -0.4 is 0 Å². The first-order valence-electron chi connectivity index (χ1n) is 10.3. The van der Waals surface area contributed by atoms with Crippen molar-refractivity contribution in [2.75, 3.05) is 32.9 Å². The van der Waals surface area contributed by atoms with E-state index >= 15 is 0 Å². The van der Waals surface area contributed by atoms with Gasteiger partial charge < -0.3 is 9.47 Å². The second kappa shape index (κ2) is 8.20. The van der Waals surface area contributed by atoms with Crippen LogP contribution in [-0.2, 0) is 15.9 Å². The molecule has 3 nitrogen and oxygen atoms in total. The van der Waals surface area contributed by atoms with Crippen molar-refractivity contribution in [3.05, 3.63) is 35.4 Å². The Kier molecular flexibility index (Phi) is 5.74. The molecule has 2 heterocycles. The number of ether oxygens (including phenoxy) is 2. The molecule has 1 aromatic carbocycles. The molecule has 2 atom stereocenters. The van der Waals surface area contributed by atoms with E-state index in [-0.39, 0.29) is 0 Å². The highest BCUT2D eigenvalue weighted by Gasteiger charge is 2.35. The maximum absolute atomic E-state index is 6.41. The van der Waals surface area contributed by atoms with Crippen LogP contribution in [0.4, 0.5) is 0 Å². The third-order valence-electron chi connectivity index (χ3n) is 6.23. The largest absolute Gasteiger partial charge is 0.381 e. The van der Waals surface area contributed by atoms with Crippen LogP contribution in [0, 0.1) is 18.8 Å². The van der Waals surface area contributed by atoms with Crippen molar-refractivity contribution in [3.63, 3.8) is 0 Å². The van der Waals surface area contributed by atoms with E-state index in [1.54, 1.807) is 0 Å². The molecule has 138 valence electrons. The third-order valence-corrected chi connectivity index (χ3v) is 6.23. The van der Waals surface area contributed by atoms with Crippen LogP contribution in [0.15, 0.2) is 24.3 Å². The van der Waals surface area contributed by atoms with Gasteiger partial charge in [0.05, 0.1) is 6.10 Å². The number of benzene rings is 1. The molecule has 4 rings (SSSR count). The summed E-state index contributed by atoms with van der Waals surface area (Å²) in [5.74, 6) is 1.48. The van der Waals surface area contributed by atoms with E-state index in [0.717, 1.165) is 38.2 Å². The van der Waals surface area contributed by atoms with Gasteiger partial charge in [0, 0.05) is 44.9 Å². The Balaban J connectivity index is 1.41. The molecule has 0 bridgehead atoms. The SMILES string of the molecule is Cc1cccc(C[C@@H]2CN(C3CCOCC3)CC[C@H]2OCC2CC2)c1. The van der Waals surface area contributed by atoms with E-state index in [0.29, 0.717) is 12.0 Å². The molecular weight excluding hydrogens is 310 g/mol. The lowest BCUT2D eigenvalue weighted by Gasteiger charge is -2.43. The van der Waals surface area contributed by atoms with Gasteiger partial charge in [0.15, 0.2) is 0 Å². The van der Waals surface area contributed by atoms with Crippen molar-refractivity contribution in [1.29, 1.82) is 0 Å². The molecule has 0 aromatic heterocycles. The molecule has 1 aromatic rings. The first kappa shape index (κ1) is 17.5. The molecule has 0 N–H and O–H groups in total. The number of rotatable bonds is 6. The van der Waals surface area contributed by atoms with Crippen molar-refractivity contribution in [3.8, 4) is 0 Å². The molecule has 3 aliphatic rings. The second-order valence-corrected chi connectivity index (χ2v) is 8.40. The van der Waals surface area contributed by atoms with E-state index in [4.69, 9.17) is 9.47 Å². The topological polar surface area (TPSA) is 21.7 Å². The van der Waals surface area contributed by atoms with Crippen molar-refractivity contribution in [2.45, 2.75) is 57.6 Å². The van der Waals surface area contributed by atoms with E-state index < -0.39 is 0 Å². The fourth-order valence-electron chi connectivity index (χ4n) is 4.52. The zero-order valence-electron chi connectivity index (χ0n) is 15.7. The molecule has 2 saturated heterocycles. The lowest BCUT2D eigenvalue weighted by Crippen LogP contribution is -2.50. The van der Waals surface area contributed by atoms with Gasteiger partial charge in [-0.05, 0) is 56.9 Å². The van der Waals surface area contributed by atoms with Crippen molar-refractivity contribution in [2.24, 2.45) is 11.8 Å². The summed E-state index contributed by atoms with van der Waals surface area (Å²) in [5.41, 5.74) is 2.84. The van der Waals surface area contributed by atoms with Crippen LogP contribution in [0.2, 0.25) is 0 Å². The number of piperidine rings is 1. The molecule has 0 unspecified atom stereocenters. The highest BCUT2D eigenvalue weighted by molar-refractivity contribution is 5.23. The summed E-state index contributed by atoms with van der Waals surface area (Å²) in [5, 5.41) is 0. The summed E-state index contributed by atoms with van der Waals surface area (Å²) >= 11 is 0. The Hall–Kier alpha value is -0.900. The zero-order valence-corrected chi connectivity index (χ0v) is 15.7. The van der Waals surface area contributed by atoms with Gasteiger partial charge in [-0.3, -0.25) is 4.90 Å². The maximum atomic E-state index is 6.41. The Bertz CT molecular complexity index is 551. The van der Waals surface area contributed by atoms with Crippen LogP contribution in [0.1, 0.15) is 43.2 Å². The van der Waals surface area contributed by atoms with Gasteiger partial charge in [0.1, 0.15) is 0 Å². The molecule has 25 heavy (non-hydrogen) atoms. The molecule has 0 amide bonds. The molecule has 2 aliphatic heterocycles. The Labute approximate surface area is 152 Å². The minimum atomic E-state index is 0.442. The predicted molar refractivity (Wildman–Crippen MR) is 101 cm³/mol. The predicted octanol–water partition coefficient (Wildman–Crippen LogP) is 3.83. The minimum absolute atomic E-state index is 0.442. The number of hydrogen-bond donors (Lipinski definition) is 0. The van der Waals surface area contributed by atoms with Crippen LogP contribution in [0.5, 0.6) is 0 Å². The summed E-state index contributed by atoms with van der Waals surface area (Å²) in [6, 6.07) is 9.76. The average Bonchev–Trinajstić information content (AvgIpc) is 3.46. The molecule has 0 radical (unpaired) electrons. The summed E-state index contributed by atoms with van der Waals surface area (Å²) in [6.45, 7) is 7.45. The fourth-order valence-corrected chi connectivity index (χ4v) is 4.52. The number of aryl methyl sites for hydroxylation is 1. The number of likely N-dealkylation sites (tertiary alicyclic amines) is 1. The molecule has 1 aliphatic carbocycles. The molecular formula is C22H33NO2. The van der Waals surface area contributed by atoms with Gasteiger partial charge in [0.2, 0.25) is 0 Å². The van der Waals surface area contributed by atoms with E-state index in [1.165, 1.54) is 56.3 Å². The first-order valence-corrected chi connectivity index (χ1v) is 10.3. The third kappa shape index (κ3) is 4.84. The van der Waals surface area contributed by atoms with Crippen molar-refractivity contribution < 1.29 is 9.47 Å². The van der Waals surface area contributed by atoms with E-state index in [1.807, 2.05) is 0 Å². The Morgan fingerprint density at radius 3 is 2.72 bits per heavy atom. The summed E-state index contributed by atoms with van der Waals surface area (Å²) in [6.07, 6.45) is 7.94. The molecule has 3 heteroatoms. The number of hydrogen-bond acceptors (Lipinski definition) is 3. The highest BCUT2D eigenvalue weighted by atomic mass is 16.5. The van der Waals surface area contributed by atoms with Crippen LogP contribution in [-0.4, -0.2) is 50.0 Å². The van der Waals surface area contributed by atoms with Gasteiger partial charge in [-0.2, -0.15) is 0 Å². The lowest BCUT2D eigenvalue weighted by atomic mass is 9.86. The molecule has 0 spiro atoms. The first-order chi connectivity index (χ1) is 12.3. The van der Waals surface area contributed by atoms with Crippen molar-refractivity contribution in [1.82, 2.24) is 4.90 Å². The summed E-state index contributed by atoms with van der Waals surface area (Å²) in [4.78, 5) is 2.74. The zero-order chi connectivity index (χ0) is 17.1. The normalized spacial score (nSPS) is 29.0. The quantitative estimate of drug-likeness (QED) is 0.783. The number of nitrogens with zero attached hydrogens (tertiary/aromatic N) is 1. The van der Waals surface area contributed by atoms with Crippen molar-refractivity contribution >= 4 is 0 Å². The lowest BCUT2D eigenvalue weighted by molar-refractivity contribution is -0.0583. The van der Waals surface area contributed by atoms with Crippen LogP contribution in [0.25, 0.3) is 0 Å². The summed E-state index contributed by atoms with van der Waals surface area (Å²) < 4.78 is 12.0. The van der Waals surface area contributed by atoms with E-state index in [9.17, 15) is 0 Å². The smallest absolute Gasteiger partial charge is 0.0631 e. The maximum Gasteiger partial charge on any atom is 0.0631 e. The monoisotopic (exact) mass is 343 g/mol. The fraction of sp³-hybridized carbons (Fsp3) is 0.727. The van der Waals surface area contributed by atoms with E-state index in [2.05, 4.69) is 36.1 Å². The van der Waals surface area contributed by atoms with Crippen LogP contribution in [0.3, 0.4) is 0 Å². The van der Waals surface area contributed by atoms with Gasteiger partial charge >= 0.3 is 0 Å². The Morgan fingerprint density at radius 2 is 1.96 bits per heavy atom. The van der Waals surface area contributed by atoms with Gasteiger partial charge in [-0.15, -0.1) is 0 Å². The van der Waals surface area contributed by atoms with Gasteiger partial charge in [-0.1, -0.05) is 29.8 Å². The second-order valence-electron chi connectivity index (χ2n) is 8.40. The Morgan fingerprint density at radius 1 is 1.12 bits per heavy atom. The highest BCUT2D eigenvalue weighted by Crippen LogP contribution is 2.32. The summed E-state index contributed by atoms with van der Waals surface area (Å²) in [7, 11) is 0. The minimum Gasteiger partial charge on any atom is -0.381 e. The van der Waals surface area contributed by atoms with Gasteiger partial charge in [-0.25, -0.2) is 0 Å².